The highest BCUT2D eigenvalue weighted by atomic mass is 16.4. The lowest BCUT2D eigenvalue weighted by molar-refractivity contribution is -0.150. The van der Waals surface area contributed by atoms with Gasteiger partial charge in [-0.15, -0.1) is 0 Å². The zero-order chi connectivity index (χ0) is 15.6. The Morgan fingerprint density at radius 2 is 1.81 bits per heavy atom. The number of likely N-dealkylation sites (tertiary alicyclic amines) is 1. The average molecular weight is 297 g/mol. The highest BCUT2D eigenvalue weighted by Crippen LogP contribution is 2.30. The third-order valence-electron chi connectivity index (χ3n) is 4.43. The van der Waals surface area contributed by atoms with Crippen LogP contribution in [0.3, 0.4) is 0 Å². The number of hydrogen-bond acceptors (Lipinski definition) is 3. The van der Waals surface area contributed by atoms with Gasteiger partial charge in [0.15, 0.2) is 0 Å². The highest BCUT2D eigenvalue weighted by molar-refractivity contribution is 5.85. The molecule has 0 aromatic rings. The maximum absolute atomic E-state index is 12.6. The third kappa shape index (κ3) is 3.28. The van der Waals surface area contributed by atoms with E-state index < -0.39 is 11.4 Å². The second-order valence-corrected chi connectivity index (χ2v) is 6.26. The molecule has 7 heteroatoms. The van der Waals surface area contributed by atoms with E-state index in [-0.39, 0.29) is 25.0 Å². The van der Waals surface area contributed by atoms with Crippen molar-refractivity contribution in [3.63, 3.8) is 0 Å². The minimum atomic E-state index is -0.888. The second kappa shape index (κ2) is 5.91. The van der Waals surface area contributed by atoms with Crippen molar-refractivity contribution in [3.05, 3.63) is 0 Å². The van der Waals surface area contributed by atoms with Gasteiger partial charge in [0.2, 0.25) is 5.91 Å². The molecule has 2 rings (SSSR count). The van der Waals surface area contributed by atoms with Crippen LogP contribution >= 0.6 is 0 Å². The minimum Gasteiger partial charge on any atom is -0.481 e. The van der Waals surface area contributed by atoms with Gasteiger partial charge in [-0.3, -0.25) is 9.59 Å². The van der Waals surface area contributed by atoms with Crippen molar-refractivity contribution in [1.29, 1.82) is 0 Å². The molecule has 2 aliphatic rings. The van der Waals surface area contributed by atoms with Crippen LogP contribution in [0, 0.1) is 5.41 Å². The van der Waals surface area contributed by atoms with E-state index in [1.54, 1.807) is 28.7 Å². The fraction of sp³-hybridized carbons (Fsp3) is 0.786. The molecule has 2 aliphatic heterocycles. The standard InChI is InChI=1S/C14H23N3O4/c1-14(12(19)20)5-3-7-17(10-14)13(21)16-8-4-6-15(2)11(18)9-16/h3-10H2,1-2H3,(H,19,20). The van der Waals surface area contributed by atoms with Crippen molar-refractivity contribution in [2.45, 2.75) is 26.2 Å². The molecule has 1 N–H and O–H groups in total. The van der Waals surface area contributed by atoms with E-state index in [9.17, 15) is 19.5 Å². The molecular weight excluding hydrogens is 274 g/mol. The van der Waals surface area contributed by atoms with Crippen LogP contribution in [0.2, 0.25) is 0 Å². The molecule has 0 aromatic heterocycles. The van der Waals surface area contributed by atoms with Gasteiger partial charge in [-0.2, -0.15) is 0 Å². The van der Waals surface area contributed by atoms with Crippen LogP contribution in [0.5, 0.6) is 0 Å². The summed E-state index contributed by atoms with van der Waals surface area (Å²) >= 11 is 0. The summed E-state index contributed by atoms with van der Waals surface area (Å²) in [5, 5.41) is 9.32. The van der Waals surface area contributed by atoms with Crippen molar-refractivity contribution in [1.82, 2.24) is 14.7 Å². The minimum absolute atomic E-state index is 0.0705. The number of urea groups is 1. The van der Waals surface area contributed by atoms with E-state index in [1.165, 1.54) is 0 Å². The molecule has 118 valence electrons. The Labute approximate surface area is 124 Å². The maximum atomic E-state index is 12.6. The number of carbonyl (C=O) groups is 3. The van der Waals surface area contributed by atoms with Gasteiger partial charge >= 0.3 is 12.0 Å². The van der Waals surface area contributed by atoms with Crippen molar-refractivity contribution in [2.75, 3.05) is 39.8 Å². The van der Waals surface area contributed by atoms with Crippen LogP contribution in [-0.2, 0) is 9.59 Å². The largest absolute Gasteiger partial charge is 0.481 e. The number of nitrogens with zero attached hydrogens (tertiary/aromatic N) is 3. The number of piperidine rings is 1. The van der Waals surface area contributed by atoms with Crippen molar-refractivity contribution < 1.29 is 19.5 Å². The van der Waals surface area contributed by atoms with Gasteiger partial charge in [0.05, 0.1) is 5.41 Å². The number of hydrogen-bond donors (Lipinski definition) is 1. The lowest BCUT2D eigenvalue weighted by Gasteiger charge is -2.39. The van der Waals surface area contributed by atoms with Gasteiger partial charge in [-0.1, -0.05) is 0 Å². The fourth-order valence-corrected chi connectivity index (χ4v) is 2.93. The molecule has 7 nitrogen and oxygen atoms in total. The number of carbonyl (C=O) groups excluding carboxylic acids is 2. The number of amides is 3. The van der Waals surface area contributed by atoms with Crippen molar-refractivity contribution in [3.8, 4) is 0 Å². The summed E-state index contributed by atoms with van der Waals surface area (Å²) in [5.41, 5.74) is -0.888. The fourth-order valence-electron chi connectivity index (χ4n) is 2.93. The van der Waals surface area contributed by atoms with Crippen molar-refractivity contribution in [2.24, 2.45) is 5.41 Å². The van der Waals surface area contributed by atoms with Gasteiger partial charge < -0.3 is 19.8 Å². The molecule has 0 radical (unpaired) electrons. The number of carboxylic acid groups (broad SMARTS) is 1. The molecule has 21 heavy (non-hydrogen) atoms. The quantitative estimate of drug-likeness (QED) is 0.762. The molecule has 0 aliphatic carbocycles. The van der Waals surface area contributed by atoms with Gasteiger partial charge in [-0.05, 0) is 26.2 Å². The van der Waals surface area contributed by atoms with Gasteiger partial charge in [0.25, 0.3) is 0 Å². The summed E-state index contributed by atoms with van der Waals surface area (Å²) in [7, 11) is 1.73. The van der Waals surface area contributed by atoms with Crippen LogP contribution in [0.4, 0.5) is 4.79 Å². The van der Waals surface area contributed by atoms with Crippen LogP contribution in [0.25, 0.3) is 0 Å². The SMILES string of the molecule is CN1CCCN(C(=O)N2CCCC(C)(C(=O)O)C2)CC1=O. The molecule has 0 spiro atoms. The van der Waals surface area contributed by atoms with Gasteiger partial charge in [-0.25, -0.2) is 4.79 Å². The predicted molar refractivity (Wildman–Crippen MR) is 75.8 cm³/mol. The highest BCUT2D eigenvalue weighted by Gasteiger charge is 2.40. The number of aliphatic carboxylic acids is 1. The summed E-state index contributed by atoms with van der Waals surface area (Å²) in [4.78, 5) is 40.5. The van der Waals surface area contributed by atoms with Crippen molar-refractivity contribution >= 4 is 17.9 Å². The average Bonchev–Trinajstić information content (AvgIpc) is 2.60. The Morgan fingerprint density at radius 3 is 2.48 bits per heavy atom. The summed E-state index contributed by atoms with van der Waals surface area (Å²) in [5.74, 6) is -0.939. The van der Waals surface area contributed by atoms with Crippen LogP contribution in [0.1, 0.15) is 26.2 Å². The van der Waals surface area contributed by atoms with E-state index in [0.29, 0.717) is 32.5 Å². The van der Waals surface area contributed by atoms with E-state index in [4.69, 9.17) is 0 Å². The number of rotatable bonds is 1. The maximum Gasteiger partial charge on any atom is 0.320 e. The van der Waals surface area contributed by atoms with E-state index in [2.05, 4.69) is 0 Å². The van der Waals surface area contributed by atoms with E-state index in [0.717, 1.165) is 6.42 Å². The molecule has 2 saturated heterocycles. The van der Waals surface area contributed by atoms with E-state index >= 15 is 0 Å². The summed E-state index contributed by atoms with van der Waals surface area (Å²) in [6.07, 6.45) is 2.00. The Morgan fingerprint density at radius 1 is 1.14 bits per heavy atom. The molecule has 2 heterocycles. The van der Waals surface area contributed by atoms with Gasteiger partial charge in [0, 0.05) is 33.2 Å². The Hall–Kier alpha value is -1.79. The summed E-state index contributed by atoms with van der Waals surface area (Å²) in [6, 6.07) is -0.217. The number of carboxylic acids is 1. The molecule has 0 bridgehead atoms. The zero-order valence-electron chi connectivity index (χ0n) is 12.7. The van der Waals surface area contributed by atoms with Crippen LogP contribution in [0.15, 0.2) is 0 Å². The van der Waals surface area contributed by atoms with E-state index in [1.807, 2.05) is 0 Å². The Balaban J connectivity index is 2.05. The molecule has 0 saturated carbocycles. The first-order chi connectivity index (χ1) is 9.83. The zero-order valence-corrected chi connectivity index (χ0v) is 12.7. The topological polar surface area (TPSA) is 81.2 Å². The molecule has 1 atom stereocenters. The molecular formula is C14H23N3O4. The molecule has 3 amide bonds. The second-order valence-electron chi connectivity index (χ2n) is 6.26. The van der Waals surface area contributed by atoms with Crippen LogP contribution < -0.4 is 0 Å². The Bertz CT molecular complexity index is 454. The lowest BCUT2D eigenvalue weighted by Crippen LogP contribution is -2.53. The van der Waals surface area contributed by atoms with Crippen LogP contribution in [-0.4, -0.2) is 77.5 Å². The smallest absolute Gasteiger partial charge is 0.320 e. The first kappa shape index (κ1) is 15.6. The predicted octanol–water partition coefficient (Wildman–Crippen LogP) is 0.457. The first-order valence-electron chi connectivity index (χ1n) is 7.35. The molecule has 0 aromatic carbocycles. The normalized spacial score (nSPS) is 27.5. The third-order valence-corrected chi connectivity index (χ3v) is 4.43. The number of likely N-dealkylation sites (N-methyl/N-ethyl adjacent to an activating group) is 1. The first-order valence-corrected chi connectivity index (χ1v) is 7.35. The lowest BCUT2D eigenvalue weighted by atomic mass is 9.82. The Kier molecular flexibility index (Phi) is 4.39. The summed E-state index contributed by atoms with van der Waals surface area (Å²) < 4.78 is 0. The molecule has 2 fully saturated rings. The summed E-state index contributed by atoms with van der Waals surface area (Å²) in [6.45, 7) is 3.71. The monoisotopic (exact) mass is 297 g/mol. The molecule has 1 unspecified atom stereocenters. The van der Waals surface area contributed by atoms with Gasteiger partial charge in [0.1, 0.15) is 6.54 Å².